The standard InChI is InChI=1S/C22H28N2.ClH/c1-2-11-21(12-3-1)24(15-13-20-10-6-7-14-23-20)22-16-18-8-4-5-9-19(18)17-22;/h1-5,8-9,11-12,20,22-23H,6-7,10,13-17H2;1H/t20-;/m1./s1. The number of para-hydroxylation sites is 1. The van der Waals surface area contributed by atoms with Crippen LogP contribution >= 0.6 is 12.4 Å². The molecule has 3 heteroatoms. The van der Waals surface area contributed by atoms with Crippen molar-refractivity contribution in [2.24, 2.45) is 0 Å². The second kappa shape index (κ2) is 8.73. The fourth-order valence-electron chi connectivity index (χ4n) is 4.36. The summed E-state index contributed by atoms with van der Waals surface area (Å²) < 4.78 is 0. The minimum Gasteiger partial charge on any atom is -0.368 e. The van der Waals surface area contributed by atoms with Crippen molar-refractivity contribution in [2.75, 3.05) is 18.0 Å². The van der Waals surface area contributed by atoms with Crippen molar-refractivity contribution in [1.29, 1.82) is 0 Å². The van der Waals surface area contributed by atoms with Crippen LogP contribution in [0.4, 0.5) is 5.69 Å². The fraction of sp³-hybridized carbons (Fsp3) is 0.455. The molecule has 0 bridgehead atoms. The molecule has 1 N–H and O–H groups in total. The summed E-state index contributed by atoms with van der Waals surface area (Å²) in [4.78, 5) is 2.66. The summed E-state index contributed by atoms with van der Waals surface area (Å²) in [6, 6.07) is 21.3. The maximum atomic E-state index is 3.71. The summed E-state index contributed by atoms with van der Waals surface area (Å²) in [5.74, 6) is 0. The van der Waals surface area contributed by atoms with Gasteiger partial charge in [0, 0.05) is 24.3 Å². The Morgan fingerprint density at radius 3 is 2.20 bits per heavy atom. The van der Waals surface area contributed by atoms with Crippen LogP contribution in [0.3, 0.4) is 0 Å². The Hall–Kier alpha value is -1.51. The molecule has 2 aromatic carbocycles. The molecule has 1 saturated heterocycles. The van der Waals surface area contributed by atoms with Crippen molar-refractivity contribution < 1.29 is 0 Å². The molecular formula is C22H29ClN2. The average Bonchev–Trinajstić information content (AvgIpc) is 3.07. The van der Waals surface area contributed by atoms with Crippen LogP contribution in [-0.2, 0) is 12.8 Å². The zero-order chi connectivity index (χ0) is 16.2. The Morgan fingerprint density at radius 2 is 1.56 bits per heavy atom. The lowest BCUT2D eigenvalue weighted by Crippen LogP contribution is -2.41. The third kappa shape index (κ3) is 4.37. The van der Waals surface area contributed by atoms with Gasteiger partial charge in [0.05, 0.1) is 0 Å². The fourth-order valence-corrected chi connectivity index (χ4v) is 4.36. The molecule has 25 heavy (non-hydrogen) atoms. The number of rotatable bonds is 5. The van der Waals surface area contributed by atoms with Crippen molar-refractivity contribution in [2.45, 2.75) is 50.6 Å². The Kier molecular flexibility index (Phi) is 6.39. The van der Waals surface area contributed by atoms with Crippen LogP contribution in [-0.4, -0.2) is 25.2 Å². The van der Waals surface area contributed by atoms with Gasteiger partial charge in [0.2, 0.25) is 0 Å². The Balaban J connectivity index is 0.00000182. The summed E-state index contributed by atoms with van der Waals surface area (Å²) in [6.07, 6.45) is 7.69. The number of hydrogen-bond donors (Lipinski definition) is 1. The molecule has 1 heterocycles. The zero-order valence-electron chi connectivity index (χ0n) is 14.9. The highest BCUT2D eigenvalue weighted by Crippen LogP contribution is 2.29. The summed E-state index contributed by atoms with van der Waals surface area (Å²) in [6.45, 7) is 2.35. The van der Waals surface area contributed by atoms with Crippen molar-refractivity contribution in [3.8, 4) is 0 Å². The van der Waals surface area contributed by atoms with Crippen LogP contribution in [0.25, 0.3) is 0 Å². The van der Waals surface area contributed by atoms with Crippen LogP contribution < -0.4 is 10.2 Å². The maximum absolute atomic E-state index is 3.71. The molecule has 2 aromatic rings. The Bertz CT molecular complexity index is 627. The van der Waals surface area contributed by atoms with Gasteiger partial charge in [-0.3, -0.25) is 0 Å². The summed E-state index contributed by atoms with van der Waals surface area (Å²) in [5.41, 5.74) is 4.46. The number of piperidine rings is 1. The Morgan fingerprint density at radius 1 is 0.880 bits per heavy atom. The minimum atomic E-state index is 0. The van der Waals surface area contributed by atoms with Crippen LogP contribution in [0.15, 0.2) is 54.6 Å². The number of halogens is 1. The van der Waals surface area contributed by atoms with Gasteiger partial charge in [-0.25, -0.2) is 0 Å². The molecule has 4 rings (SSSR count). The highest BCUT2D eigenvalue weighted by Gasteiger charge is 2.27. The molecule has 134 valence electrons. The topological polar surface area (TPSA) is 15.3 Å². The van der Waals surface area contributed by atoms with E-state index in [1.165, 1.54) is 50.8 Å². The van der Waals surface area contributed by atoms with E-state index in [1.54, 1.807) is 11.1 Å². The van der Waals surface area contributed by atoms with E-state index in [0.29, 0.717) is 12.1 Å². The smallest absolute Gasteiger partial charge is 0.0370 e. The van der Waals surface area contributed by atoms with Crippen LogP contribution in [0.2, 0.25) is 0 Å². The third-order valence-corrected chi connectivity index (χ3v) is 5.69. The lowest BCUT2D eigenvalue weighted by molar-refractivity contribution is 0.379. The molecule has 1 fully saturated rings. The number of benzene rings is 2. The van der Waals surface area contributed by atoms with E-state index < -0.39 is 0 Å². The van der Waals surface area contributed by atoms with Gasteiger partial charge < -0.3 is 10.2 Å². The SMILES string of the molecule is Cl.c1ccc(N(CC[C@H]2CCCCN2)C2Cc3ccccc3C2)cc1. The number of fused-ring (bicyclic) bond motifs is 1. The van der Waals surface area contributed by atoms with E-state index >= 15 is 0 Å². The van der Waals surface area contributed by atoms with Gasteiger partial charge in [0.25, 0.3) is 0 Å². The molecule has 1 aliphatic heterocycles. The molecule has 2 nitrogen and oxygen atoms in total. The van der Waals surface area contributed by atoms with E-state index in [2.05, 4.69) is 64.8 Å². The molecule has 0 radical (unpaired) electrons. The minimum absolute atomic E-state index is 0. The van der Waals surface area contributed by atoms with Gasteiger partial charge in [-0.1, -0.05) is 48.9 Å². The zero-order valence-corrected chi connectivity index (χ0v) is 15.7. The first-order valence-corrected chi connectivity index (χ1v) is 9.52. The summed E-state index contributed by atoms with van der Waals surface area (Å²) in [7, 11) is 0. The van der Waals surface area contributed by atoms with Crippen molar-refractivity contribution in [1.82, 2.24) is 5.32 Å². The predicted molar refractivity (Wildman–Crippen MR) is 109 cm³/mol. The molecular weight excluding hydrogens is 328 g/mol. The van der Waals surface area contributed by atoms with Gasteiger partial charge in [-0.2, -0.15) is 0 Å². The van der Waals surface area contributed by atoms with Crippen molar-refractivity contribution >= 4 is 18.1 Å². The van der Waals surface area contributed by atoms with Gasteiger partial charge >= 0.3 is 0 Å². The Labute approximate surface area is 158 Å². The predicted octanol–water partition coefficient (Wildman–Crippen LogP) is 4.61. The highest BCUT2D eigenvalue weighted by molar-refractivity contribution is 5.85. The van der Waals surface area contributed by atoms with Gasteiger partial charge in [-0.15, -0.1) is 12.4 Å². The average molecular weight is 357 g/mol. The number of nitrogens with zero attached hydrogens (tertiary/aromatic N) is 1. The molecule has 0 aromatic heterocycles. The maximum Gasteiger partial charge on any atom is 0.0370 e. The number of anilines is 1. The molecule has 0 amide bonds. The first-order valence-electron chi connectivity index (χ1n) is 9.52. The monoisotopic (exact) mass is 356 g/mol. The summed E-state index contributed by atoms with van der Waals surface area (Å²) in [5, 5.41) is 3.71. The van der Waals surface area contributed by atoms with Crippen LogP contribution in [0.5, 0.6) is 0 Å². The number of nitrogens with one attached hydrogen (secondary N) is 1. The van der Waals surface area contributed by atoms with Gasteiger partial charge in [0.1, 0.15) is 0 Å². The second-order valence-corrected chi connectivity index (χ2v) is 7.30. The lowest BCUT2D eigenvalue weighted by Gasteiger charge is -2.33. The van der Waals surface area contributed by atoms with E-state index in [-0.39, 0.29) is 12.4 Å². The van der Waals surface area contributed by atoms with Crippen molar-refractivity contribution in [3.05, 3.63) is 65.7 Å². The second-order valence-electron chi connectivity index (χ2n) is 7.30. The largest absolute Gasteiger partial charge is 0.368 e. The molecule has 1 aliphatic carbocycles. The van der Waals surface area contributed by atoms with Crippen molar-refractivity contribution in [3.63, 3.8) is 0 Å². The van der Waals surface area contributed by atoms with Crippen LogP contribution in [0, 0.1) is 0 Å². The molecule has 0 saturated carbocycles. The van der Waals surface area contributed by atoms with E-state index in [0.717, 1.165) is 6.54 Å². The summed E-state index contributed by atoms with van der Waals surface area (Å²) >= 11 is 0. The van der Waals surface area contributed by atoms with Gasteiger partial charge in [0.15, 0.2) is 0 Å². The number of hydrogen-bond acceptors (Lipinski definition) is 2. The van der Waals surface area contributed by atoms with E-state index in [9.17, 15) is 0 Å². The van der Waals surface area contributed by atoms with E-state index in [1.807, 2.05) is 0 Å². The molecule has 2 aliphatic rings. The lowest BCUT2D eigenvalue weighted by atomic mass is 10.0. The first-order chi connectivity index (χ1) is 11.9. The molecule has 0 spiro atoms. The molecule has 0 unspecified atom stereocenters. The molecule has 1 atom stereocenters. The van der Waals surface area contributed by atoms with E-state index in [4.69, 9.17) is 0 Å². The highest BCUT2D eigenvalue weighted by atomic mass is 35.5. The first kappa shape index (κ1) is 18.3. The van der Waals surface area contributed by atoms with Crippen LogP contribution in [0.1, 0.15) is 36.8 Å². The van der Waals surface area contributed by atoms with Gasteiger partial charge in [-0.05, 0) is 61.9 Å². The normalized spacial score (nSPS) is 19.9. The third-order valence-electron chi connectivity index (χ3n) is 5.69. The quantitative estimate of drug-likeness (QED) is 0.841.